The van der Waals surface area contributed by atoms with E-state index in [0.717, 1.165) is 12.8 Å². The first kappa shape index (κ1) is 13.4. The quantitative estimate of drug-likeness (QED) is 0.412. The maximum Gasteiger partial charge on any atom is 0.410 e. The lowest BCUT2D eigenvalue weighted by molar-refractivity contribution is -0.136. The van der Waals surface area contributed by atoms with Gasteiger partial charge in [-0.25, -0.2) is 9.59 Å². The molecule has 1 aliphatic heterocycles. The Balaban J connectivity index is 2.57. The molecule has 1 heterocycles. The molecule has 94 valence electrons. The normalized spacial score (nSPS) is 18.2. The van der Waals surface area contributed by atoms with Crippen LogP contribution in [0.4, 0.5) is 4.79 Å². The molecular formula is C12H17NO4. The maximum atomic E-state index is 11.5. The Morgan fingerprint density at radius 1 is 1.29 bits per heavy atom. The van der Waals surface area contributed by atoms with Crippen molar-refractivity contribution in [3.8, 4) is 11.8 Å². The minimum absolute atomic E-state index is 0.238. The van der Waals surface area contributed by atoms with Gasteiger partial charge in [-0.2, -0.15) is 0 Å². The third kappa shape index (κ3) is 3.99. The maximum absolute atomic E-state index is 11.5. The van der Waals surface area contributed by atoms with Crippen molar-refractivity contribution in [1.29, 1.82) is 0 Å². The second-order valence-corrected chi connectivity index (χ2v) is 3.54. The van der Waals surface area contributed by atoms with E-state index in [4.69, 9.17) is 9.47 Å². The van der Waals surface area contributed by atoms with Crippen LogP contribution < -0.4 is 0 Å². The second-order valence-electron chi connectivity index (χ2n) is 3.54. The number of carbonyl (C=O) groups excluding carboxylic acids is 2. The first-order chi connectivity index (χ1) is 8.19. The zero-order chi connectivity index (χ0) is 12.7. The highest BCUT2D eigenvalue weighted by molar-refractivity contribution is 5.88. The van der Waals surface area contributed by atoms with Gasteiger partial charge in [0.25, 0.3) is 0 Å². The van der Waals surface area contributed by atoms with Crippen LogP contribution in [0.1, 0.15) is 26.7 Å². The fourth-order valence-electron chi connectivity index (χ4n) is 1.65. The van der Waals surface area contributed by atoms with Crippen LogP contribution in [0.2, 0.25) is 0 Å². The number of likely N-dealkylation sites (tertiary alicyclic amines) is 1. The first-order valence-electron chi connectivity index (χ1n) is 5.80. The summed E-state index contributed by atoms with van der Waals surface area (Å²) in [5.74, 6) is 4.60. The molecule has 1 saturated heterocycles. The number of rotatable bonds is 2. The first-order valence-corrected chi connectivity index (χ1v) is 5.80. The molecule has 0 aromatic carbocycles. The average molecular weight is 239 g/mol. The van der Waals surface area contributed by atoms with Gasteiger partial charge in [0.15, 0.2) is 0 Å². The van der Waals surface area contributed by atoms with E-state index in [1.54, 1.807) is 18.7 Å². The van der Waals surface area contributed by atoms with Gasteiger partial charge in [-0.15, -0.1) is 0 Å². The van der Waals surface area contributed by atoms with Crippen LogP contribution in [0.5, 0.6) is 0 Å². The Bertz CT molecular complexity index is 342. The summed E-state index contributed by atoms with van der Waals surface area (Å²) in [5.41, 5.74) is 0. The summed E-state index contributed by atoms with van der Waals surface area (Å²) in [5, 5.41) is 0. The molecule has 0 N–H and O–H groups in total. The Morgan fingerprint density at radius 2 is 2.00 bits per heavy atom. The van der Waals surface area contributed by atoms with Crippen molar-refractivity contribution in [2.24, 2.45) is 0 Å². The summed E-state index contributed by atoms with van der Waals surface area (Å²) in [6.45, 7) is 4.75. The highest BCUT2D eigenvalue weighted by Crippen LogP contribution is 2.17. The summed E-state index contributed by atoms with van der Waals surface area (Å²) < 4.78 is 9.61. The molecule has 1 aliphatic rings. The lowest BCUT2D eigenvalue weighted by Crippen LogP contribution is -2.35. The summed E-state index contributed by atoms with van der Waals surface area (Å²) >= 11 is 0. The van der Waals surface area contributed by atoms with Crippen molar-refractivity contribution in [3.05, 3.63) is 0 Å². The van der Waals surface area contributed by atoms with Crippen LogP contribution in [-0.2, 0) is 14.3 Å². The summed E-state index contributed by atoms with van der Waals surface area (Å²) in [7, 11) is 0. The fourth-order valence-corrected chi connectivity index (χ4v) is 1.65. The van der Waals surface area contributed by atoms with Gasteiger partial charge in [-0.05, 0) is 26.7 Å². The molecule has 0 radical (unpaired) electrons. The van der Waals surface area contributed by atoms with Gasteiger partial charge in [0, 0.05) is 12.5 Å². The molecule has 0 aromatic heterocycles. The minimum atomic E-state index is -0.553. The monoisotopic (exact) mass is 239 g/mol. The fraction of sp³-hybridized carbons (Fsp3) is 0.667. The molecule has 1 unspecified atom stereocenters. The summed E-state index contributed by atoms with van der Waals surface area (Å²) in [6.07, 6.45) is 1.28. The van der Waals surface area contributed by atoms with Crippen LogP contribution in [0.25, 0.3) is 0 Å². The van der Waals surface area contributed by atoms with E-state index >= 15 is 0 Å². The van der Waals surface area contributed by atoms with Crippen LogP contribution in [0.15, 0.2) is 0 Å². The molecule has 0 aliphatic carbocycles. The third-order valence-corrected chi connectivity index (χ3v) is 2.37. The number of esters is 1. The van der Waals surface area contributed by atoms with Crippen LogP contribution >= 0.6 is 0 Å². The lowest BCUT2D eigenvalue weighted by atomic mass is 10.2. The largest absolute Gasteiger partial charge is 0.456 e. The number of hydrogen-bond donors (Lipinski definition) is 0. The van der Waals surface area contributed by atoms with Crippen LogP contribution in [0, 0.1) is 11.8 Å². The molecule has 5 nitrogen and oxygen atoms in total. The van der Waals surface area contributed by atoms with E-state index < -0.39 is 5.97 Å². The number of amides is 1. The summed E-state index contributed by atoms with van der Waals surface area (Å²) in [4.78, 5) is 24.2. The van der Waals surface area contributed by atoms with Gasteiger partial charge >= 0.3 is 12.1 Å². The molecule has 1 atom stereocenters. The van der Waals surface area contributed by atoms with Gasteiger partial charge in [-0.3, -0.25) is 4.90 Å². The van der Waals surface area contributed by atoms with Gasteiger partial charge in [0.1, 0.15) is 0 Å². The Labute approximate surface area is 101 Å². The molecule has 0 aromatic rings. The van der Waals surface area contributed by atoms with Crippen molar-refractivity contribution in [2.75, 3.05) is 19.8 Å². The molecule has 0 spiro atoms. The van der Waals surface area contributed by atoms with Gasteiger partial charge in [-0.1, -0.05) is 5.92 Å². The average Bonchev–Trinajstić information content (AvgIpc) is 2.75. The molecule has 1 fully saturated rings. The number of hydrogen-bond acceptors (Lipinski definition) is 4. The predicted octanol–water partition coefficient (Wildman–Crippen LogP) is 1.17. The zero-order valence-electron chi connectivity index (χ0n) is 10.2. The van der Waals surface area contributed by atoms with E-state index in [9.17, 15) is 9.59 Å². The zero-order valence-corrected chi connectivity index (χ0v) is 10.2. The van der Waals surface area contributed by atoms with E-state index in [1.165, 1.54) is 0 Å². The molecule has 5 heteroatoms. The predicted molar refractivity (Wildman–Crippen MR) is 61.2 cm³/mol. The molecule has 0 bridgehead atoms. The van der Waals surface area contributed by atoms with Crippen molar-refractivity contribution >= 4 is 12.1 Å². The van der Waals surface area contributed by atoms with E-state index in [2.05, 4.69) is 11.8 Å². The number of nitrogens with zero attached hydrogens (tertiary/aromatic N) is 1. The number of ether oxygens (including phenoxy) is 2. The van der Waals surface area contributed by atoms with Crippen LogP contribution in [-0.4, -0.2) is 42.8 Å². The highest BCUT2D eigenvalue weighted by atomic mass is 16.6. The van der Waals surface area contributed by atoms with Crippen molar-refractivity contribution in [2.45, 2.75) is 32.7 Å². The topological polar surface area (TPSA) is 55.8 Å². The van der Waals surface area contributed by atoms with Gasteiger partial charge in [0.2, 0.25) is 0 Å². The Morgan fingerprint density at radius 3 is 2.65 bits per heavy atom. The van der Waals surface area contributed by atoms with Crippen molar-refractivity contribution < 1.29 is 19.1 Å². The molecule has 0 saturated carbocycles. The highest BCUT2D eigenvalue weighted by Gasteiger charge is 2.28. The van der Waals surface area contributed by atoms with E-state index in [0.29, 0.717) is 19.8 Å². The smallest absolute Gasteiger partial charge is 0.410 e. The lowest BCUT2D eigenvalue weighted by Gasteiger charge is -2.19. The van der Waals surface area contributed by atoms with Crippen molar-refractivity contribution in [3.63, 3.8) is 0 Å². The van der Waals surface area contributed by atoms with E-state index in [-0.39, 0.29) is 12.1 Å². The van der Waals surface area contributed by atoms with E-state index in [1.807, 2.05) is 0 Å². The SMILES string of the molecule is CCOC(=O)C#CC1CCCN1C(=O)OCC. The molecular weight excluding hydrogens is 222 g/mol. The molecule has 1 amide bonds. The standard InChI is InChI=1S/C12H17NO4/c1-3-16-11(14)8-7-10-6-5-9-13(10)12(15)17-4-2/h10H,3-6,9H2,1-2H3. The number of carbonyl (C=O) groups is 2. The summed E-state index contributed by atoms with van der Waals surface area (Å²) in [6, 6.07) is -0.238. The molecule has 1 rings (SSSR count). The van der Waals surface area contributed by atoms with Crippen LogP contribution in [0.3, 0.4) is 0 Å². The third-order valence-electron chi connectivity index (χ3n) is 2.37. The Hall–Kier alpha value is -1.70. The molecule has 17 heavy (non-hydrogen) atoms. The second kappa shape index (κ2) is 6.79. The minimum Gasteiger partial charge on any atom is -0.456 e. The van der Waals surface area contributed by atoms with Crippen molar-refractivity contribution in [1.82, 2.24) is 4.90 Å². The van der Waals surface area contributed by atoms with Gasteiger partial charge < -0.3 is 9.47 Å². The Kier molecular flexibility index (Phi) is 5.34. The van der Waals surface area contributed by atoms with Gasteiger partial charge in [0.05, 0.1) is 19.3 Å².